The van der Waals surface area contributed by atoms with Crippen LogP contribution < -0.4 is 0 Å². The van der Waals surface area contributed by atoms with Crippen molar-refractivity contribution in [3.05, 3.63) is 35.9 Å². The lowest BCUT2D eigenvalue weighted by molar-refractivity contribution is -0.155. The maximum atomic E-state index is 11.8. The van der Waals surface area contributed by atoms with Gasteiger partial charge in [-0.1, -0.05) is 30.3 Å². The van der Waals surface area contributed by atoms with E-state index in [9.17, 15) is 9.18 Å². The summed E-state index contributed by atoms with van der Waals surface area (Å²) in [6, 6.07) is 8.98. The summed E-state index contributed by atoms with van der Waals surface area (Å²) in [5, 5.41) is 8.75. The number of rotatable bonds is 4. The summed E-state index contributed by atoms with van der Waals surface area (Å²) in [5.74, 6) is -0.934. The van der Waals surface area contributed by atoms with Crippen LogP contribution in [-0.2, 0) is 16.1 Å². The molecule has 1 unspecified atom stereocenters. The maximum Gasteiger partial charge on any atom is 0.338 e. The molecule has 0 aliphatic rings. The molecule has 14 heavy (non-hydrogen) atoms. The number of hydrogen-bond donors (Lipinski definition) is 1. The minimum absolute atomic E-state index is 0.0523. The van der Waals surface area contributed by atoms with Crippen molar-refractivity contribution in [1.29, 1.82) is 0 Å². The normalized spacial score (nSPS) is 12.1. The fourth-order valence-electron chi connectivity index (χ4n) is 0.888. The third-order valence-corrected chi connectivity index (χ3v) is 1.64. The van der Waals surface area contributed by atoms with Gasteiger partial charge in [-0.15, -0.1) is 0 Å². The van der Waals surface area contributed by atoms with Crippen molar-refractivity contribution in [3.8, 4) is 0 Å². The molecule has 3 nitrogen and oxygen atoms in total. The molecule has 0 aliphatic carbocycles. The molecular formula is C10H11FO3. The van der Waals surface area contributed by atoms with Gasteiger partial charge in [-0.2, -0.15) is 0 Å². The lowest BCUT2D eigenvalue weighted by atomic mass is 10.2. The molecule has 1 aromatic carbocycles. The van der Waals surface area contributed by atoms with Gasteiger partial charge in [-0.3, -0.25) is 0 Å². The largest absolute Gasteiger partial charge is 0.459 e. The summed E-state index contributed by atoms with van der Waals surface area (Å²) >= 11 is 0. The van der Waals surface area contributed by atoms with Crippen LogP contribution in [0.1, 0.15) is 5.56 Å². The minimum Gasteiger partial charge on any atom is -0.459 e. The van der Waals surface area contributed by atoms with Crippen LogP contribution in [-0.4, -0.2) is 23.9 Å². The van der Waals surface area contributed by atoms with E-state index in [1.807, 2.05) is 6.07 Å². The Morgan fingerprint density at radius 3 is 2.64 bits per heavy atom. The van der Waals surface area contributed by atoms with Crippen molar-refractivity contribution in [2.45, 2.75) is 12.7 Å². The zero-order chi connectivity index (χ0) is 10.4. The smallest absolute Gasteiger partial charge is 0.338 e. The standard InChI is InChI=1S/C10H11FO3/c11-6-9(12)10(13)14-7-8-4-2-1-3-5-8/h1-5,9,12H,6-7H2/i11-1. The molecule has 1 N–H and O–H groups in total. The van der Waals surface area contributed by atoms with Crippen LogP contribution in [0.5, 0.6) is 0 Å². The number of aliphatic hydroxyl groups excluding tert-OH is 1. The zero-order valence-corrected chi connectivity index (χ0v) is 7.52. The molecule has 0 radical (unpaired) electrons. The van der Waals surface area contributed by atoms with E-state index >= 15 is 0 Å². The predicted octanol–water partition coefficient (Wildman–Crippen LogP) is 1.06. The third kappa shape index (κ3) is 3.14. The number of carbonyl (C=O) groups excluding carboxylic acids is 1. The van der Waals surface area contributed by atoms with Crippen molar-refractivity contribution < 1.29 is 19.0 Å². The van der Waals surface area contributed by atoms with E-state index in [4.69, 9.17) is 5.11 Å². The van der Waals surface area contributed by atoms with Crippen molar-refractivity contribution in [3.63, 3.8) is 0 Å². The molecule has 0 bridgehead atoms. The SMILES string of the molecule is O=C(OCc1ccccc1)C(O)C[18F]. The van der Waals surface area contributed by atoms with Crippen molar-refractivity contribution in [2.24, 2.45) is 0 Å². The Morgan fingerprint density at radius 2 is 2.07 bits per heavy atom. The second kappa shape index (κ2) is 5.34. The van der Waals surface area contributed by atoms with Crippen molar-refractivity contribution >= 4 is 5.97 Å². The van der Waals surface area contributed by atoms with Gasteiger partial charge in [-0.25, -0.2) is 9.18 Å². The summed E-state index contributed by atoms with van der Waals surface area (Å²) < 4.78 is 16.5. The lowest BCUT2D eigenvalue weighted by Gasteiger charge is -2.06. The highest BCUT2D eigenvalue weighted by Gasteiger charge is 2.15. The van der Waals surface area contributed by atoms with E-state index in [1.54, 1.807) is 24.3 Å². The van der Waals surface area contributed by atoms with Crippen LogP contribution in [0.3, 0.4) is 0 Å². The Labute approximate surface area is 81.1 Å². The predicted molar refractivity (Wildman–Crippen MR) is 48.2 cm³/mol. The molecule has 1 aromatic rings. The molecule has 0 amide bonds. The Balaban J connectivity index is 2.38. The maximum absolute atomic E-state index is 11.8. The van der Waals surface area contributed by atoms with Gasteiger partial charge in [-0.05, 0) is 5.56 Å². The average Bonchev–Trinajstić information content (AvgIpc) is 2.26. The van der Waals surface area contributed by atoms with Crippen LogP contribution in [0.25, 0.3) is 0 Å². The fourth-order valence-corrected chi connectivity index (χ4v) is 0.888. The second-order valence-electron chi connectivity index (χ2n) is 2.76. The Kier molecular flexibility index (Phi) is 4.07. The molecule has 0 aromatic heterocycles. The minimum atomic E-state index is -1.67. The first kappa shape index (κ1) is 10.7. The summed E-state index contributed by atoms with van der Waals surface area (Å²) in [7, 11) is 0. The first-order valence-corrected chi connectivity index (χ1v) is 4.18. The molecule has 76 valence electrons. The van der Waals surface area contributed by atoms with E-state index in [-0.39, 0.29) is 6.61 Å². The highest BCUT2D eigenvalue weighted by molar-refractivity contribution is 5.74. The van der Waals surface area contributed by atoms with Crippen molar-refractivity contribution in [2.75, 3.05) is 6.67 Å². The Bertz CT molecular complexity index is 287. The van der Waals surface area contributed by atoms with E-state index in [0.29, 0.717) is 0 Å². The van der Waals surface area contributed by atoms with E-state index in [0.717, 1.165) is 5.56 Å². The van der Waals surface area contributed by atoms with Gasteiger partial charge in [0.1, 0.15) is 13.3 Å². The molecule has 0 saturated heterocycles. The average molecular weight is 197 g/mol. The van der Waals surface area contributed by atoms with Crippen LogP contribution in [0.2, 0.25) is 0 Å². The van der Waals surface area contributed by atoms with Gasteiger partial charge < -0.3 is 9.84 Å². The monoisotopic (exact) mass is 197 g/mol. The van der Waals surface area contributed by atoms with Gasteiger partial charge in [0.2, 0.25) is 0 Å². The summed E-state index contributed by atoms with van der Waals surface area (Å²) in [6.45, 7) is -1.07. The first-order valence-electron chi connectivity index (χ1n) is 4.18. The van der Waals surface area contributed by atoms with Gasteiger partial charge in [0, 0.05) is 0 Å². The highest BCUT2D eigenvalue weighted by Crippen LogP contribution is 2.01. The Hall–Kier alpha value is -1.42. The van der Waals surface area contributed by atoms with Gasteiger partial charge >= 0.3 is 5.97 Å². The molecular weight excluding hydrogens is 186 g/mol. The number of hydrogen-bond acceptors (Lipinski definition) is 3. The van der Waals surface area contributed by atoms with Crippen LogP contribution >= 0.6 is 0 Å². The fraction of sp³-hybridized carbons (Fsp3) is 0.300. The number of halogens is 1. The molecule has 4 heteroatoms. The lowest BCUT2D eigenvalue weighted by Crippen LogP contribution is -2.24. The topological polar surface area (TPSA) is 46.5 Å². The quantitative estimate of drug-likeness (QED) is 0.734. The molecule has 0 aliphatic heterocycles. The zero-order valence-electron chi connectivity index (χ0n) is 7.52. The van der Waals surface area contributed by atoms with Gasteiger partial charge in [0.05, 0.1) is 0 Å². The molecule has 0 spiro atoms. The number of benzene rings is 1. The van der Waals surface area contributed by atoms with Crippen LogP contribution in [0.4, 0.5) is 4.39 Å². The Morgan fingerprint density at radius 1 is 1.43 bits per heavy atom. The molecule has 0 fully saturated rings. The summed E-state index contributed by atoms with van der Waals surface area (Å²) in [5.41, 5.74) is 0.798. The first-order chi connectivity index (χ1) is 6.74. The number of esters is 1. The third-order valence-electron chi connectivity index (χ3n) is 1.64. The van der Waals surface area contributed by atoms with Crippen LogP contribution in [0, 0.1) is 0 Å². The number of aliphatic hydroxyl groups is 1. The second-order valence-corrected chi connectivity index (χ2v) is 2.76. The van der Waals surface area contributed by atoms with E-state index < -0.39 is 18.7 Å². The number of alkyl halides is 1. The summed E-state index contributed by atoms with van der Waals surface area (Å²) in [6.07, 6.45) is -1.67. The molecule has 1 atom stereocenters. The van der Waals surface area contributed by atoms with E-state index in [1.165, 1.54) is 0 Å². The molecule has 0 saturated carbocycles. The van der Waals surface area contributed by atoms with E-state index in [2.05, 4.69) is 4.74 Å². The molecule has 0 heterocycles. The summed E-state index contributed by atoms with van der Waals surface area (Å²) in [4.78, 5) is 10.8. The van der Waals surface area contributed by atoms with Gasteiger partial charge in [0.15, 0.2) is 6.10 Å². The van der Waals surface area contributed by atoms with Gasteiger partial charge in [0.25, 0.3) is 0 Å². The van der Waals surface area contributed by atoms with Crippen molar-refractivity contribution in [1.82, 2.24) is 0 Å². The molecule has 1 rings (SSSR count). The number of carbonyl (C=O) groups is 1. The highest BCUT2D eigenvalue weighted by atomic mass is 18.2. The number of ether oxygens (including phenoxy) is 1. The van der Waals surface area contributed by atoms with Crippen LogP contribution in [0.15, 0.2) is 30.3 Å².